The van der Waals surface area contributed by atoms with Crippen LogP contribution in [0.15, 0.2) is 29.8 Å². The highest BCUT2D eigenvalue weighted by atomic mass is 16.5. The maximum atomic E-state index is 8.66. The summed E-state index contributed by atoms with van der Waals surface area (Å²) in [4.78, 5) is 0. The molecule has 0 aliphatic heterocycles. The molecule has 0 fully saturated rings. The van der Waals surface area contributed by atoms with Crippen molar-refractivity contribution < 1.29 is 4.74 Å². The number of hydrogen-bond donors (Lipinski definition) is 0. The number of allylic oxidation sites excluding steroid dienone is 2. The fourth-order valence-corrected chi connectivity index (χ4v) is 2.36. The summed E-state index contributed by atoms with van der Waals surface area (Å²) in [6, 6.07) is 8.01. The van der Waals surface area contributed by atoms with Gasteiger partial charge in [0.2, 0.25) is 0 Å². The number of hydrogen-bond acceptors (Lipinski definition) is 2. The van der Waals surface area contributed by atoms with Crippen LogP contribution >= 0.6 is 0 Å². The molecule has 0 heterocycles. The molecular weight excluding hydrogens is 246 g/mol. The van der Waals surface area contributed by atoms with Gasteiger partial charge in [-0.2, -0.15) is 5.26 Å². The second-order valence-electron chi connectivity index (χ2n) is 5.71. The van der Waals surface area contributed by atoms with Crippen molar-refractivity contribution in [1.29, 1.82) is 5.26 Å². The minimum absolute atomic E-state index is 0.0883. The van der Waals surface area contributed by atoms with Crippen LogP contribution in [-0.2, 0) is 0 Å². The maximum Gasteiger partial charge on any atom is 0.174 e. The van der Waals surface area contributed by atoms with Crippen molar-refractivity contribution in [3.8, 4) is 11.8 Å². The Morgan fingerprint density at radius 2 is 2.10 bits per heavy atom. The van der Waals surface area contributed by atoms with Crippen LogP contribution in [0.2, 0.25) is 0 Å². The van der Waals surface area contributed by atoms with E-state index in [1.165, 1.54) is 5.57 Å². The predicted octanol–water partition coefficient (Wildman–Crippen LogP) is 2.92. The molecule has 0 unspecified atom stereocenters. The highest BCUT2D eigenvalue weighted by Gasteiger charge is 2.20. The molecule has 2 rings (SSSR count). The van der Waals surface area contributed by atoms with Gasteiger partial charge >= 0.3 is 0 Å². The Labute approximate surface area is 120 Å². The minimum atomic E-state index is 0.0883. The van der Waals surface area contributed by atoms with Crippen molar-refractivity contribution in [3.63, 3.8) is 0 Å². The summed E-state index contributed by atoms with van der Waals surface area (Å²) in [5, 5.41) is 10.9. The first-order valence-corrected chi connectivity index (χ1v) is 7.09. The molecule has 0 bridgehead atoms. The van der Waals surface area contributed by atoms with E-state index in [9.17, 15) is 0 Å². The third-order valence-corrected chi connectivity index (χ3v) is 4.14. The van der Waals surface area contributed by atoms with Gasteiger partial charge in [-0.05, 0) is 29.5 Å². The van der Waals surface area contributed by atoms with E-state index >= 15 is 0 Å². The van der Waals surface area contributed by atoms with Crippen molar-refractivity contribution in [1.82, 2.24) is 0 Å². The fourth-order valence-electron chi connectivity index (χ4n) is 2.36. The van der Waals surface area contributed by atoms with Crippen LogP contribution in [0.3, 0.4) is 0 Å². The second kappa shape index (κ2) is 5.96. The van der Waals surface area contributed by atoms with Gasteiger partial charge < -0.3 is 4.74 Å². The molecule has 0 N–H and O–H groups in total. The monoisotopic (exact) mass is 267 g/mol. The summed E-state index contributed by atoms with van der Waals surface area (Å²) in [5.41, 5.74) is 1.64. The first-order valence-electron chi connectivity index (χ1n) is 7.09. The van der Waals surface area contributed by atoms with Gasteiger partial charge in [-0.15, -0.1) is 0 Å². The third kappa shape index (κ3) is 2.93. The molecule has 1 aliphatic carbocycles. The lowest BCUT2D eigenvalue weighted by Crippen LogP contribution is -2.26. The SMILES string of the molecule is CCC(C)(C)C1=CC=c2cccc(OCC#N)c2=CC1. The van der Waals surface area contributed by atoms with Crippen LogP contribution in [0.1, 0.15) is 33.6 Å². The first kappa shape index (κ1) is 14.4. The van der Waals surface area contributed by atoms with Gasteiger partial charge in [0.25, 0.3) is 0 Å². The Balaban J connectivity index is 2.45. The van der Waals surface area contributed by atoms with Crippen molar-refractivity contribution >= 4 is 12.2 Å². The molecule has 0 amide bonds. The largest absolute Gasteiger partial charge is 0.478 e. The van der Waals surface area contributed by atoms with Crippen LogP contribution in [0.4, 0.5) is 0 Å². The smallest absolute Gasteiger partial charge is 0.174 e. The van der Waals surface area contributed by atoms with Gasteiger partial charge in [-0.25, -0.2) is 0 Å². The van der Waals surface area contributed by atoms with E-state index in [1.54, 1.807) is 0 Å². The van der Waals surface area contributed by atoms with Crippen LogP contribution in [0.5, 0.6) is 5.75 Å². The van der Waals surface area contributed by atoms with Gasteiger partial charge in [0.1, 0.15) is 11.8 Å². The van der Waals surface area contributed by atoms with Gasteiger partial charge in [0, 0.05) is 5.22 Å². The lowest BCUT2D eigenvalue weighted by Gasteiger charge is -2.25. The van der Waals surface area contributed by atoms with E-state index in [0.29, 0.717) is 0 Å². The van der Waals surface area contributed by atoms with Gasteiger partial charge in [0.15, 0.2) is 6.61 Å². The van der Waals surface area contributed by atoms with Gasteiger partial charge in [-0.1, -0.05) is 56.7 Å². The standard InChI is InChI=1S/C18H21NO/c1-4-18(2,3)15-9-8-14-6-5-7-17(20-13-12-19)16(14)11-10-15/h5-9,11H,4,10,13H2,1-3H3. The van der Waals surface area contributed by atoms with E-state index in [0.717, 1.165) is 29.0 Å². The average molecular weight is 267 g/mol. The topological polar surface area (TPSA) is 33.0 Å². The lowest BCUT2D eigenvalue weighted by atomic mass is 9.80. The zero-order valence-electron chi connectivity index (χ0n) is 12.4. The summed E-state index contributed by atoms with van der Waals surface area (Å²) in [7, 11) is 0. The van der Waals surface area contributed by atoms with E-state index < -0.39 is 0 Å². The predicted molar refractivity (Wildman–Crippen MR) is 82.5 cm³/mol. The average Bonchev–Trinajstić information content (AvgIpc) is 2.68. The summed E-state index contributed by atoms with van der Waals surface area (Å²) in [6.45, 7) is 6.87. The van der Waals surface area contributed by atoms with Crippen LogP contribution in [0.25, 0.3) is 12.2 Å². The molecule has 1 aromatic carbocycles. The van der Waals surface area contributed by atoms with Crippen LogP contribution in [0, 0.1) is 16.7 Å². The quantitative estimate of drug-likeness (QED) is 0.840. The van der Waals surface area contributed by atoms with E-state index in [1.807, 2.05) is 18.2 Å². The van der Waals surface area contributed by atoms with Gasteiger partial charge in [-0.3, -0.25) is 0 Å². The number of nitrogens with zero attached hydrogens (tertiary/aromatic N) is 1. The molecule has 0 aromatic heterocycles. The molecule has 104 valence electrons. The number of benzene rings is 1. The van der Waals surface area contributed by atoms with Gasteiger partial charge in [0.05, 0.1) is 0 Å². The summed E-state index contributed by atoms with van der Waals surface area (Å²) >= 11 is 0. The molecule has 0 saturated heterocycles. The van der Waals surface area contributed by atoms with Crippen molar-refractivity contribution in [3.05, 3.63) is 40.3 Å². The fraction of sp³-hybridized carbons (Fsp3) is 0.389. The number of rotatable bonds is 4. The molecule has 0 saturated carbocycles. The second-order valence-corrected chi connectivity index (χ2v) is 5.71. The molecular formula is C18H21NO. The Hall–Kier alpha value is -2.01. The van der Waals surface area contributed by atoms with Crippen molar-refractivity contribution in [2.24, 2.45) is 5.41 Å². The normalized spacial score (nSPS) is 14.0. The zero-order chi connectivity index (χ0) is 14.6. The highest BCUT2D eigenvalue weighted by molar-refractivity contribution is 5.51. The zero-order valence-corrected chi connectivity index (χ0v) is 12.4. The van der Waals surface area contributed by atoms with Crippen LogP contribution in [-0.4, -0.2) is 6.61 Å². The Morgan fingerprint density at radius 3 is 2.80 bits per heavy atom. The maximum absolute atomic E-state index is 8.66. The molecule has 2 heteroatoms. The van der Waals surface area contributed by atoms with Crippen LogP contribution < -0.4 is 15.2 Å². The van der Waals surface area contributed by atoms with E-state index in [4.69, 9.17) is 10.00 Å². The Bertz CT molecular complexity index is 674. The summed E-state index contributed by atoms with van der Waals surface area (Å²) in [5.74, 6) is 0.796. The van der Waals surface area contributed by atoms with E-state index in [-0.39, 0.29) is 12.0 Å². The minimum Gasteiger partial charge on any atom is -0.478 e. The van der Waals surface area contributed by atoms with Crippen molar-refractivity contribution in [2.75, 3.05) is 6.61 Å². The molecule has 1 aliphatic rings. The molecule has 0 atom stereocenters. The molecule has 2 nitrogen and oxygen atoms in total. The first-order chi connectivity index (χ1) is 9.58. The molecule has 0 radical (unpaired) electrons. The number of fused-ring (bicyclic) bond motifs is 1. The third-order valence-electron chi connectivity index (χ3n) is 4.14. The highest BCUT2D eigenvalue weighted by Crippen LogP contribution is 2.32. The summed E-state index contributed by atoms with van der Waals surface area (Å²) in [6.07, 6.45) is 8.66. The number of nitriles is 1. The molecule has 0 spiro atoms. The lowest BCUT2D eigenvalue weighted by molar-refractivity contribution is 0.364. The Kier molecular flexibility index (Phi) is 4.29. The molecule has 20 heavy (non-hydrogen) atoms. The van der Waals surface area contributed by atoms with Crippen molar-refractivity contribution in [2.45, 2.75) is 33.6 Å². The summed E-state index contributed by atoms with van der Waals surface area (Å²) < 4.78 is 5.52. The Morgan fingerprint density at radius 1 is 1.30 bits per heavy atom. The molecule has 1 aromatic rings. The van der Waals surface area contributed by atoms with E-state index in [2.05, 4.69) is 45.1 Å². The number of ether oxygens (including phenoxy) is 1.